The fourth-order valence-corrected chi connectivity index (χ4v) is 5.61. The lowest BCUT2D eigenvalue weighted by molar-refractivity contribution is 0.0107. The second kappa shape index (κ2) is 8.35. The van der Waals surface area contributed by atoms with E-state index in [0.29, 0.717) is 18.8 Å². The van der Waals surface area contributed by atoms with E-state index in [2.05, 4.69) is 20.3 Å². The molecule has 1 atom stereocenters. The van der Waals surface area contributed by atoms with Crippen molar-refractivity contribution in [2.45, 2.75) is 51.5 Å². The number of piperidine rings is 1. The van der Waals surface area contributed by atoms with Gasteiger partial charge in [-0.1, -0.05) is 11.6 Å². The van der Waals surface area contributed by atoms with E-state index in [9.17, 15) is 4.79 Å². The SMILES string of the molecule is Cc1onc(C(=O)N2CC(c3nncn3C)C3(CCOCC3)C2)c1CN1CCCCC1. The molecule has 5 rings (SSSR count). The first-order valence-corrected chi connectivity index (χ1v) is 11.5. The molecular formula is C22H32N6O3. The predicted octanol–water partition coefficient (Wildman–Crippen LogP) is 2.13. The number of hydrogen-bond acceptors (Lipinski definition) is 7. The number of amides is 1. The molecule has 31 heavy (non-hydrogen) atoms. The highest BCUT2D eigenvalue weighted by Gasteiger charge is 2.51. The highest BCUT2D eigenvalue weighted by atomic mass is 16.5. The number of ether oxygens (including phenoxy) is 1. The predicted molar refractivity (Wildman–Crippen MR) is 113 cm³/mol. The average molecular weight is 429 g/mol. The maximum absolute atomic E-state index is 13.7. The lowest BCUT2D eigenvalue weighted by Crippen LogP contribution is -2.38. The largest absolute Gasteiger partial charge is 0.381 e. The second-order valence-electron chi connectivity index (χ2n) is 9.42. The van der Waals surface area contributed by atoms with E-state index in [1.165, 1.54) is 19.3 Å². The molecule has 168 valence electrons. The molecule has 3 fully saturated rings. The number of likely N-dealkylation sites (tertiary alicyclic amines) is 2. The van der Waals surface area contributed by atoms with E-state index in [1.807, 2.05) is 23.4 Å². The Bertz CT molecular complexity index is 926. The summed E-state index contributed by atoms with van der Waals surface area (Å²) >= 11 is 0. The summed E-state index contributed by atoms with van der Waals surface area (Å²) in [4.78, 5) is 18.0. The quantitative estimate of drug-likeness (QED) is 0.737. The van der Waals surface area contributed by atoms with Crippen molar-refractivity contribution < 1.29 is 14.1 Å². The highest BCUT2D eigenvalue weighted by Crippen LogP contribution is 2.49. The maximum atomic E-state index is 13.7. The van der Waals surface area contributed by atoms with Gasteiger partial charge in [-0.15, -0.1) is 10.2 Å². The van der Waals surface area contributed by atoms with Gasteiger partial charge in [0.05, 0.1) is 0 Å². The van der Waals surface area contributed by atoms with Crippen molar-refractivity contribution in [3.8, 4) is 0 Å². The van der Waals surface area contributed by atoms with Crippen LogP contribution in [0.2, 0.25) is 0 Å². The van der Waals surface area contributed by atoms with Gasteiger partial charge in [-0.3, -0.25) is 9.69 Å². The summed E-state index contributed by atoms with van der Waals surface area (Å²) in [5, 5.41) is 12.7. The van der Waals surface area contributed by atoms with Crippen molar-refractivity contribution in [1.29, 1.82) is 0 Å². The summed E-state index contributed by atoms with van der Waals surface area (Å²) in [5.41, 5.74) is 1.39. The first-order chi connectivity index (χ1) is 15.1. The van der Waals surface area contributed by atoms with Gasteiger partial charge in [-0.25, -0.2) is 0 Å². The van der Waals surface area contributed by atoms with Gasteiger partial charge in [-0.05, 0) is 45.7 Å². The van der Waals surface area contributed by atoms with E-state index in [-0.39, 0.29) is 17.2 Å². The van der Waals surface area contributed by atoms with Gasteiger partial charge in [0.2, 0.25) is 0 Å². The molecule has 0 aromatic carbocycles. The zero-order valence-corrected chi connectivity index (χ0v) is 18.5. The van der Waals surface area contributed by atoms with Crippen molar-refractivity contribution in [3.05, 3.63) is 29.2 Å². The van der Waals surface area contributed by atoms with Crippen LogP contribution in [-0.2, 0) is 18.3 Å². The van der Waals surface area contributed by atoms with Crippen molar-refractivity contribution in [2.24, 2.45) is 12.5 Å². The summed E-state index contributed by atoms with van der Waals surface area (Å²) in [6.07, 6.45) is 7.30. The van der Waals surface area contributed by atoms with E-state index in [0.717, 1.165) is 62.8 Å². The van der Waals surface area contributed by atoms with E-state index in [4.69, 9.17) is 9.26 Å². The number of aromatic nitrogens is 4. The minimum Gasteiger partial charge on any atom is -0.381 e. The van der Waals surface area contributed by atoms with Gasteiger partial charge in [0.1, 0.15) is 17.9 Å². The standard InChI is InChI=1S/C22H32N6O3/c1-16-17(12-27-8-4-3-5-9-27)19(25-31-16)21(29)28-13-18(20-24-23-15-26(20)2)22(14-28)6-10-30-11-7-22/h15,18H,3-14H2,1-2H3. The third-order valence-electron chi connectivity index (χ3n) is 7.50. The van der Waals surface area contributed by atoms with Gasteiger partial charge in [-0.2, -0.15) is 0 Å². The summed E-state index contributed by atoms with van der Waals surface area (Å²) in [7, 11) is 1.98. The fourth-order valence-electron chi connectivity index (χ4n) is 5.61. The molecule has 3 aliphatic rings. The lowest BCUT2D eigenvalue weighted by atomic mass is 9.72. The average Bonchev–Trinajstić information content (AvgIpc) is 3.47. The Balaban J connectivity index is 1.40. The third kappa shape index (κ3) is 3.78. The summed E-state index contributed by atoms with van der Waals surface area (Å²) in [5.74, 6) is 1.81. The Kier molecular flexibility index (Phi) is 5.56. The van der Waals surface area contributed by atoms with Crippen LogP contribution in [0.4, 0.5) is 0 Å². The zero-order valence-electron chi connectivity index (χ0n) is 18.5. The molecule has 1 spiro atoms. The molecule has 1 amide bonds. The second-order valence-corrected chi connectivity index (χ2v) is 9.42. The number of carbonyl (C=O) groups is 1. The first-order valence-electron chi connectivity index (χ1n) is 11.5. The van der Waals surface area contributed by atoms with Crippen molar-refractivity contribution in [3.63, 3.8) is 0 Å². The van der Waals surface area contributed by atoms with Gasteiger partial charge in [0.25, 0.3) is 5.91 Å². The monoisotopic (exact) mass is 428 g/mol. The van der Waals surface area contributed by atoms with Crippen LogP contribution in [-0.4, -0.2) is 75.0 Å². The molecule has 0 N–H and O–H groups in total. The van der Waals surface area contributed by atoms with Crippen LogP contribution >= 0.6 is 0 Å². The topological polar surface area (TPSA) is 89.5 Å². The van der Waals surface area contributed by atoms with E-state index >= 15 is 0 Å². The van der Waals surface area contributed by atoms with Crippen LogP contribution in [0, 0.1) is 12.3 Å². The van der Waals surface area contributed by atoms with Crippen LogP contribution in [0.3, 0.4) is 0 Å². The first kappa shape index (κ1) is 20.6. The molecule has 9 nitrogen and oxygen atoms in total. The number of hydrogen-bond donors (Lipinski definition) is 0. The van der Waals surface area contributed by atoms with Crippen LogP contribution < -0.4 is 0 Å². The van der Waals surface area contributed by atoms with Gasteiger partial charge >= 0.3 is 0 Å². The summed E-state index contributed by atoms with van der Waals surface area (Å²) in [6, 6.07) is 0. The molecule has 2 aromatic rings. The molecule has 5 heterocycles. The molecule has 3 aliphatic heterocycles. The normalized spacial score (nSPS) is 24.2. The molecule has 2 aromatic heterocycles. The Morgan fingerprint density at radius 3 is 2.71 bits per heavy atom. The Hall–Kier alpha value is -2.26. The molecule has 0 aliphatic carbocycles. The molecule has 0 bridgehead atoms. The number of aryl methyl sites for hydroxylation is 2. The van der Waals surface area contributed by atoms with Crippen LogP contribution in [0.25, 0.3) is 0 Å². The van der Waals surface area contributed by atoms with Gasteiger partial charge in [0, 0.05) is 56.8 Å². The fraction of sp³-hybridized carbons (Fsp3) is 0.727. The molecule has 0 saturated carbocycles. The van der Waals surface area contributed by atoms with Gasteiger partial charge in [0.15, 0.2) is 5.69 Å². The Morgan fingerprint density at radius 2 is 2.00 bits per heavy atom. The van der Waals surface area contributed by atoms with Crippen molar-refractivity contribution in [2.75, 3.05) is 39.4 Å². The Labute approximate surface area is 182 Å². The van der Waals surface area contributed by atoms with Crippen LogP contribution in [0.5, 0.6) is 0 Å². The third-order valence-corrected chi connectivity index (χ3v) is 7.50. The summed E-state index contributed by atoms with van der Waals surface area (Å²) < 4.78 is 13.1. The van der Waals surface area contributed by atoms with E-state index < -0.39 is 0 Å². The van der Waals surface area contributed by atoms with Gasteiger partial charge < -0.3 is 18.7 Å². The molecule has 1 unspecified atom stereocenters. The minimum atomic E-state index is -0.0283. The zero-order chi connectivity index (χ0) is 21.4. The molecule has 9 heteroatoms. The van der Waals surface area contributed by atoms with Crippen LogP contribution in [0.1, 0.15) is 65.7 Å². The smallest absolute Gasteiger partial charge is 0.276 e. The number of nitrogens with zero attached hydrogens (tertiary/aromatic N) is 6. The van der Waals surface area contributed by atoms with Crippen LogP contribution in [0.15, 0.2) is 10.9 Å². The van der Waals surface area contributed by atoms with Crippen molar-refractivity contribution in [1.82, 2.24) is 29.7 Å². The highest BCUT2D eigenvalue weighted by molar-refractivity contribution is 5.94. The van der Waals surface area contributed by atoms with Crippen molar-refractivity contribution >= 4 is 5.91 Å². The minimum absolute atomic E-state index is 0.0273. The lowest BCUT2D eigenvalue weighted by Gasteiger charge is -2.37. The Morgan fingerprint density at radius 1 is 1.23 bits per heavy atom. The number of rotatable bonds is 4. The molecule has 0 radical (unpaired) electrons. The van der Waals surface area contributed by atoms with E-state index in [1.54, 1.807) is 6.33 Å². The molecule has 3 saturated heterocycles. The number of carbonyl (C=O) groups excluding carboxylic acids is 1. The summed E-state index contributed by atoms with van der Waals surface area (Å²) in [6.45, 7) is 7.55. The maximum Gasteiger partial charge on any atom is 0.276 e. The molecular weight excluding hydrogens is 396 g/mol.